The molecule has 0 atom stereocenters. The number of halogens is 6. The summed E-state index contributed by atoms with van der Waals surface area (Å²) in [6, 6.07) is 8.36. The first-order valence-corrected chi connectivity index (χ1v) is 6.48. The Morgan fingerprint density at radius 1 is 0.682 bits per heavy atom. The van der Waals surface area contributed by atoms with Crippen LogP contribution in [0.15, 0.2) is 24.3 Å². The van der Waals surface area contributed by atoms with Crippen molar-refractivity contribution in [2.45, 2.75) is 13.8 Å². The van der Waals surface area contributed by atoms with Gasteiger partial charge in [-0.15, -0.1) is 0 Å². The first kappa shape index (κ1) is 32.8. The van der Waals surface area contributed by atoms with E-state index in [0.29, 0.717) is 0 Å². The number of aryl methyl sites for hydroxylation is 2. The van der Waals surface area contributed by atoms with Gasteiger partial charge in [-0.05, 0) is 25.0 Å². The van der Waals surface area contributed by atoms with Gasteiger partial charge in [0, 0.05) is 17.1 Å². The zero-order valence-electron chi connectivity index (χ0n) is 11.1. The number of hydrogen-bond acceptors (Lipinski definition) is 0. The van der Waals surface area contributed by atoms with E-state index in [1.54, 1.807) is 0 Å². The second-order valence-electron chi connectivity index (χ2n) is 3.04. The first-order valence-electron chi connectivity index (χ1n) is 4.45. The SMILES string of the molecule is Cc1ccccc1C.F[P-](F)(F)(F)(F)F.[C-]#[O+].[C-]#[O+].[C-]#[O+].[Mn]. The quantitative estimate of drug-likeness (QED) is 0.183. The molecule has 1 radical (unpaired) electrons. The molecular formula is C11H10F6MnO3P-. The smallest absolute Gasteiger partial charge is 0 e. The molecule has 1 aromatic rings. The molecule has 1 rings (SSSR count). The van der Waals surface area contributed by atoms with Crippen LogP contribution >= 0.6 is 7.81 Å². The van der Waals surface area contributed by atoms with Gasteiger partial charge in [-0.25, -0.2) is 0 Å². The molecule has 0 aliphatic heterocycles. The molecule has 0 saturated carbocycles. The Hall–Kier alpha value is -1.03. The molecule has 0 bridgehead atoms. The van der Waals surface area contributed by atoms with E-state index in [-0.39, 0.29) is 17.1 Å². The molecule has 0 N–H and O–H groups in total. The predicted molar refractivity (Wildman–Crippen MR) is 61.3 cm³/mol. The fourth-order valence-electron chi connectivity index (χ4n) is 0.663. The fourth-order valence-corrected chi connectivity index (χ4v) is 0.663. The second-order valence-corrected chi connectivity index (χ2v) is 4.96. The van der Waals surface area contributed by atoms with Crippen molar-refractivity contribution in [2.24, 2.45) is 0 Å². The molecule has 0 amide bonds. The predicted octanol–water partition coefficient (Wildman–Crippen LogP) is 5.57. The monoisotopic (exact) mass is 390 g/mol. The van der Waals surface area contributed by atoms with Crippen molar-refractivity contribution in [2.75, 3.05) is 0 Å². The van der Waals surface area contributed by atoms with Crippen molar-refractivity contribution in [3.8, 4) is 0 Å². The second kappa shape index (κ2) is 12.5. The summed E-state index contributed by atoms with van der Waals surface area (Å²) in [5.41, 5.74) is 2.74. The van der Waals surface area contributed by atoms with Gasteiger partial charge in [0.2, 0.25) is 0 Å². The van der Waals surface area contributed by atoms with Crippen molar-refractivity contribution in [3.63, 3.8) is 0 Å². The van der Waals surface area contributed by atoms with Crippen molar-refractivity contribution in [1.29, 1.82) is 0 Å². The van der Waals surface area contributed by atoms with Crippen molar-refractivity contribution in [3.05, 3.63) is 55.3 Å². The molecule has 127 valence electrons. The Bertz CT molecular complexity index is 420. The Kier molecular flexibility index (Phi) is 18.6. The molecular weight excluding hydrogens is 380 g/mol. The molecule has 0 saturated heterocycles. The largest absolute Gasteiger partial charge is 0 e. The number of hydrogen-bond donors (Lipinski definition) is 0. The van der Waals surface area contributed by atoms with Gasteiger partial charge in [-0.3, -0.25) is 0 Å². The molecule has 0 unspecified atom stereocenters. The van der Waals surface area contributed by atoms with Crippen LogP contribution in [-0.4, -0.2) is 0 Å². The van der Waals surface area contributed by atoms with Crippen molar-refractivity contribution >= 4 is 7.81 Å². The van der Waals surface area contributed by atoms with E-state index in [4.69, 9.17) is 14.0 Å². The molecule has 11 heteroatoms. The van der Waals surface area contributed by atoms with Crippen LogP contribution in [0.1, 0.15) is 11.1 Å². The van der Waals surface area contributed by atoms with E-state index >= 15 is 0 Å². The average molecular weight is 390 g/mol. The maximum Gasteiger partial charge on any atom is 0 e. The minimum atomic E-state index is -10.7. The third kappa shape index (κ3) is 61.6. The summed E-state index contributed by atoms with van der Waals surface area (Å²) in [7, 11) is -10.7. The third-order valence-corrected chi connectivity index (χ3v) is 1.43. The van der Waals surface area contributed by atoms with Crippen LogP contribution in [0, 0.1) is 33.8 Å². The van der Waals surface area contributed by atoms with E-state index in [0.717, 1.165) is 0 Å². The summed E-state index contributed by atoms with van der Waals surface area (Å²) in [5, 5.41) is 0. The van der Waals surface area contributed by atoms with E-state index in [1.165, 1.54) is 11.1 Å². The zero-order chi connectivity index (χ0) is 18.4. The van der Waals surface area contributed by atoms with Crippen LogP contribution in [0.2, 0.25) is 0 Å². The van der Waals surface area contributed by atoms with E-state index in [1.807, 2.05) is 0 Å². The summed E-state index contributed by atoms with van der Waals surface area (Å²) in [5.74, 6) is 0. The molecule has 0 spiro atoms. The average Bonchev–Trinajstić information content (AvgIpc) is 2.37. The van der Waals surface area contributed by atoms with Gasteiger partial charge in [0.1, 0.15) is 0 Å². The summed E-state index contributed by atoms with van der Waals surface area (Å²) in [6.45, 7) is 17.7. The van der Waals surface area contributed by atoms with Gasteiger partial charge >= 0.3 is 66.9 Å². The molecule has 0 aliphatic rings. The summed E-state index contributed by atoms with van der Waals surface area (Å²) in [6.07, 6.45) is 0. The van der Waals surface area contributed by atoms with Crippen molar-refractivity contribution < 1.29 is 56.2 Å². The topological polar surface area (TPSA) is 59.7 Å². The molecule has 22 heavy (non-hydrogen) atoms. The van der Waals surface area contributed by atoms with Gasteiger partial charge in [0.25, 0.3) is 0 Å². The Morgan fingerprint density at radius 3 is 0.909 bits per heavy atom. The minimum Gasteiger partial charge on any atom is 0 e. The molecule has 1 aromatic carbocycles. The molecule has 0 fully saturated rings. The Balaban J connectivity index is -0.0000000635. The number of benzene rings is 1. The molecule has 0 aromatic heterocycles. The number of rotatable bonds is 0. The summed E-state index contributed by atoms with van der Waals surface area (Å²) >= 11 is 0. The van der Waals surface area contributed by atoms with Gasteiger partial charge in [0.15, 0.2) is 0 Å². The fraction of sp³-hybridized carbons (Fsp3) is 0.182. The van der Waals surface area contributed by atoms with E-state index in [9.17, 15) is 25.2 Å². The van der Waals surface area contributed by atoms with Crippen LogP contribution in [0.25, 0.3) is 0 Å². The van der Waals surface area contributed by atoms with E-state index < -0.39 is 7.81 Å². The molecule has 0 heterocycles. The molecule has 0 aliphatic carbocycles. The maximum atomic E-state index is 9.87. The van der Waals surface area contributed by atoms with Crippen LogP contribution < -0.4 is 0 Å². The van der Waals surface area contributed by atoms with Crippen LogP contribution in [0.3, 0.4) is 0 Å². The third-order valence-electron chi connectivity index (χ3n) is 1.43. The molecule has 3 nitrogen and oxygen atoms in total. The Morgan fingerprint density at radius 2 is 0.818 bits per heavy atom. The Labute approximate surface area is 133 Å². The summed E-state index contributed by atoms with van der Waals surface area (Å²) < 4.78 is 81.7. The van der Waals surface area contributed by atoms with Gasteiger partial charge in [0.05, 0.1) is 0 Å². The van der Waals surface area contributed by atoms with Crippen LogP contribution in [0.4, 0.5) is 25.2 Å². The van der Waals surface area contributed by atoms with E-state index in [2.05, 4.69) is 58.1 Å². The van der Waals surface area contributed by atoms with Gasteiger partial charge in [-0.1, -0.05) is 24.3 Å². The minimum absolute atomic E-state index is 0. The van der Waals surface area contributed by atoms with Crippen LogP contribution in [-0.2, 0) is 31.0 Å². The maximum absolute atomic E-state index is 10.7. The standard InChI is InChI=1S/C8H10.3CO.F6P.Mn/c1-7-5-3-4-6-8(7)2;3*1-2;1-7(2,3,4,5)6;/h3-6H,1-2H3;;;;;/q;;;;-1;. The normalized spacial score (nSPS) is 11.0. The zero-order valence-corrected chi connectivity index (χ0v) is 13.2. The summed E-state index contributed by atoms with van der Waals surface area (Å²) in [4.78, 5) is 0. The van der Waals surface area contributed by atoms with Crippen molar-refractivity contribution in [1.82, 2.24) is 0 Å². The first-order chi connectivity index (χ1) is 9.25. The van der Waals surface area contributed by atoms with Gasteiger partial charge < -0.3 is 0 Å². The van der Waals surface area contributed by atoms with Crippen LogP contribution in [0.5, 0.6) is 0 Å². The van der Waals surface area contributed by atoms with Gasteiger partial charge in [-0.2, -0.15) is 0 Å².